The summed E-state index contributed by atoms with van der Waals surface area (Å²) in [4.78, 5) is 11.7. The number of β-amino-alcohol motifs (C(OH)–C–C–N with tert-alkyl or cyclic N) is 1. The molecule has 0 bridgehead atoms. The normalized spacial score (nSPS) is 16.8. The van der Waals surface area contributed by atoms with Crippen LogP contribution >= 0.6 is 0 Å². The molecule has 0 radical (unpaired) electrons. The van der Waals surface area contributed by atoms with Crippen molar-refractivity contribution >= 4 is 11.4 Å². The highest BCUT2D eigenvalue weighted by Crippen LogP contribution is 2.36. The first-order valence-electron chi connectivity index (χ1n) is 5.23. The quantitative estimate of drug-likeness (QED) is 0.643. The summed E-state index contributed by atoms with van der Waals surface area (Å²) in [6, 6.07) is 5.14. The van der Waals surface area contributed by atoms with Gasteiger partial charge < -0.3 is 10.0 Å². The average molecular weight is 251 g/mol. The maximum Gasteiger partial charge on any atom is 0.295 e. The molecule has 7 heteroatoms. The standard InChI is InChI=1S/C11H10FN3O3/c12-8-1-2-9(10(5-8)15(17)18)14-6-11(16,7-14)3-4-13/h1-2,5,16H,3,6-7H2. The van der Waals surface area contributed by atoms with Crippen molar-refractivity contribution in [3.05, 3.63) is 34.1 Å². The van der Waals surface area contributed by atoms with Crippen molar-refractivity contribution in [2.24, 2.45) is 0 Å². The molecule has 18 heavy (non-hydrogen) atoms. The van der Waals surface area contributed by atoms with Crippen LogP contribution in [0.1, 0.15) is 6.42 Å². The molecule has 0 unspecified atom stereocenters. The second-order valence-electron chi connectivity index (χ2n) is 4.31. The molecule has 0 aromatic heterocycles. The Morgan fingerprint density at radius 1 is 1.61 bits per heavy atom. The van der Waals surface area contributed by atoms with Crippen LogP contribution in [0.3, 0.4) is 0 Å². The smallest absolute Gasteiger partial charge is 0.295 e. The third-order valence-electron chi connectivity index (χ3n) is 2.85. The van der Waals surface area contributed by atoms with Gasteiger partial charge in [0.1, 0.15) is 17.1 Å². The van der Waals surface area contributed by atoms with Crippen LogP contribution in [0.15, 0.2) is 18.2 Å². The molecule has 1 saturated heterocycles. The average Bonchev–Trinajstić information content (AvgIpc) is 2.26. The Morgan fingerprint density at radius 3 is 2.83 bits per heavy atom. The van der Waals surface area contributed by atoms with E-state index in [2.05, 4.69) is 0 Å². The molecule has 1 aromatic rings. The van der Waals surface area contributed by atoms with Crippen molar-refractivity contribution in [3.8, 4) is 6.07 Å². The molecule has 1 aliphatic heterocycles. The molecule has 0 aliphatic carbocycles. The zero-order chi connectivity index (χ0) is 13.3. The molecule has 6 nitrogen and oxygen atoms in total. The summed E-state index contributed by atoms with van der Waals surface area (Å²) in [5.41, 5.74) is -1.21. The molecular formula is C11H10FN3O3. The summed E-state index contributed by atoms with van der Waals surface area (Å²) in [5, 5.41) is 29.1. The van der Waals surface area contributed by atoms with E-state index in [1.54, 1.807) is 4.90 Å². The summed E-state index contributed by atoms with van der Waals surface area (Å²) >= 11 is 0. The van der Waals surface area contributed by atoms with Crippen molar-refractivity contribution in [2.75, 3.05) is 18.0 Å². The summed E-state index contributed by atoms with van der Waals surface area (Å²) in [7, 11) is 0. The topological polar surface area (TPSA) is 90.4 Å². The Morgan fingerprint density at radius 2 is 2.28 bits per heavy atom. The zero-order valence-electron chi connectivity index (χ0n) is 9.34. The van der Waals surface area contributed by atoms with Crippen LogP contribution in [0, 0.1) is 27.3 Å². The number of nitro benzene ring substituents is 1. The van der Waals surface area contributed by atoms with Crippen LogP contribution in [0.5, 0.6) is 0 Å². The lowest BCUT2D eigenvalue weighted by Gasteiger charge is -2.46. The molecule has 94 valence electrons. The van der Waals surface area contributed by atoms with Crippen LogP contribution in [-0.4, -0.2) is 28.7 Å². The minimum absolute atomic E-state index is 0.0293. The van der Waals surface area contributed by atoms with Gasteiger partial charge in [-0.2, -0.15) is 5.26 Å². The monoisotopic (exact) mass is 251 g/mol. The molecule has 1 N–H and O–H groups in total. The second kappa shape index (κ2) is 4.23. The highest BCUT2D eigenvalue weighted by Gasteiger charge is 2.43. The first kappa shape index (κ1) is 12.3. The maximum atomic E-state index is 13.0. The molecule has 0 spiro atoms. The molecule has 0 saturated carbocycles. The van der Waals surface area contributed by atoms with E-state index in [9.17, 15) is 19.6 Å². The van der Waals surface area contributed by atoms with Gasteiger partial charge in [0.15, 0.2) is 0 Å². The number of anilines is 1. The van der Waals surface area contributed by atoms with Gasteiger partial charge in [-0.05, 0) is 12.1 Å². The number of rotatable bonds is 3. The maximum absolute atomic E-state index is 13.0. The lowest BCUT2D eigenvalue weighted by Crippen LogP contribution is -2.61. The predicted molar refractivity (Wildman–Crippen MR) is 60.4 cm³/mol. The SMILES string of the molecule is N#CCC1(O)CN(c2ccc(F)cc2[N+](=O)[O-])C1. The predicted octanol–water partition coefficient (Wildman–Crippen LogP) is 1.20. The van der Waals surface area contributed by atoms with E-state index < -0.39 is 16.3 Å². The highest BCUT2D eigenvalue weighted by molar-refractivity contribution is 5.65. The third kappa shape index (κ3) is 2.10. The first-order valence-corrected chi connectivity index (χ1v) is 5.23. The fourth-order valence-corrected chi connectivity index (χ4v) is 2.00. The van der Waals surface area contributed by atoms with Crippen LogP contribution in [0.25, 0.3) is 0 Å². The summed E-state index contributed by atoms with van der Waals surface area (Å²) in [6.45, 7) is 0.264. The second-order valence-corrected chi connectivity index (χ2v) is 4.31. The van der Waals surface area contributed by atoms with Gasteiger partial charge in [-0.15, -0.1) is 0 Å². The van der Waals surface area contributed by atoms with Crippen LogP contribution in [-0.2, 0) is 0 Å². The van der Waals surface area contributed by atoms with Gasteiger partial charge in [0.05, 0.1) is 23.5 Å². The molecule has 0 atom stereocenters. The Hall–Kier alpha value is -2.20. The zero-order valence-corrected chi connectivity index (χ0v) is 9.34. The van der Waals surface area contributed by atoms with Gasteiger partial charge in [-0.1, -0.05) is 0 Å². The van der Waals surface area contributed by atoms with E-state index in [4.69, 9.17) is 5.26 Å². The Kier molecular flexibility index (Phi) is 2.88. The number of hydrogen-bond donors (Lipinski definition) is 1. The van der Waals surface area contributed by atoms with Gasteiger partial charge in [0.2, 0.25) is 0 Å². The minimum Gasteiger partial charge on any atom is -0.385 e. The van der Waals surface area contributed by atoms with Crippen LogP contribution < -0.4 is 4.90 Å². The molecule has 1 heterocycles. The van der Waals surface area contributed by atoms with E-state index >= 15 is 0 Å². The lowest BCUT2D eigenvalue weighted by atomic mass is 9.90. The van der Waals surface area contributed by atoms with E-state index in [-0.39, 0.29) is 30.9 Å². The van der Waals surface area contributed by atoms with E-state index in [0.29, 0.717) is 0 Å². The Labute approximate surface area is 102 Å². The molecule has 1 aromatic carbocycles. The van der Waals surface area contributed by atoms with Crippen molar-refractivity contribution < 1.29 is 14.4 Å². The van der Waals surface area contributed by atoms with Crippen molar-refractivity contribution in [2.45, 2.75) is 12.0 Å². The van der Waals surface area contributed by atoms with Crippen LogP contribution in [0.2, 0.25) is 0 Å². The Bertz CT molecular complexity index is 535. The third-order valence-corrected chi connectivity index (χ3v) is 2.85. The number of aliphatic hydroxyl groups is 1. The molecule has 1 aliphatic rings. The number of nitriles is 1. The number of nitrogens with zero attached hydrogens (tertiary/aromatic N) is 3. The van der Waals surface area contributed by atoms with E-state index in [1.807, 2.05) is 6.07 Å². The highest BCUT2D eigenvalue weighted by atomic mass is 19.1. The van der Waals surface area contributed by atoms with E-state index in [1.165, 1.54) is 6.07 Å². The number of halogens is 1. The van der Waals surface area contributed by atoms with Gasteiger partial charge >= 0.3 is 0 Å². The number of hydrogen-bond acceptors (Lipinski definition) is 5. The largest absolute Gasteiger partial charge is 0.385 e. The summed E-state index contributed by atoms with van der Waals surface area (Å²) in [5.74, 6) is -0.682. The molecule has 0 amide bonds. The number of benzene rings is 1. The van der Waals surface area contributed by atoms with Crippen molar-refractivity contribution in [1.82, 2.24) is 0 Å². The first-order chi connectivity index (χ1) is 8.45. The summed E-state index contributed by atoms with van der Waals surface area (Å²) in [6.07, 6.45) is -0.0293. The van der Waals surface area contributed by atoms with Crippen molar-refractivity contribution in [1.29, 1.82) is 5.26 Å². The summed E-state index contributed by atoms with van der Waals surface area (Å²) < 4.78 is 13.0. The number of nitro groups is 1. The molecule has 1 fully saturated rings. The fraction of sp³-hybridized carbons (Fsp3) is 0.364. The van der Waals surface area contributed by atoms with Gasteiger partial charge in [0, 0.05) is 13.1 Å². The van der Waals surface area contributed by atoms with Crippen LogP contribution in [0.4, 0.5) is 15.8 Å². The minimum atomic E-state index is -1.13. The Balaban J connectivity index is 2.22. The fourth-order valence-electron chi connectivity index (χ4n) is 2.00. The van der Waals surface area contributed by atoms with Gasteiger partial charge in [-0.25, -0.2) is 4.39 Å². The van der Waals surface area contributed by atoms with Crippen molar-refractivity contribution in [3.63, 3.8) is 0 Å². The van der Waals surface area contributed by atoms with Gasteiger partial charge in [0.25, 0.3) is 5.69 Å². The molecular weight excluding hydrogens is 241 g/mol. The van der Waals surface area contributed by atoms with Gasteiger partial charge in [-0.3, -0.25) is 10.1 Å². The van der Waals surface area contributed by atoms with E-state index in [0.717, 1.165) is 12.1 Å². The lowest BCUT2D eigenvalue weighted by molar-refractivity contribution is -0.384. The molecule has 2 rings (SSSR count).